The fourth-order valence-corrected chi connectivity index (χ4v) is 2.49. The van der Waals surface area contributed by atoms with Crippen LogP contribution in [-0.4, -0.2) is 37.1 Å². The summed E-state index contributed by atoms with van der Waals surface area (Å²) < 4.78 is 13.0. The number of likely N-dealkylation sites (N-methyl/N-ethyl adjacent to an activating group) is 2. The fourth-order valence-electron chi connectivity index (χ4n) is 2.49. The first-order chi connectivity index (χ1) is 8.93. The molecular weight excluding hydrogens is 239 g/mol. The monoisotopic (exact) mass is 266 g/mol. The molecule has 1 aromatic rings. The Morgan fingerprint density at radius 3 is 2.21 bits per heavy atom. The molecule has 1 aromatic carbocycles. The van der Waals surface area contributed by atoms with Crippen molar-refractivity contribution < 1.29 is 4.39 Å². The van der Waals surface area contributed by atoms with Gasteiger partial charge in [-0.15, -0.1) is 0 Å². The van der Waals surface area contributed by atoms with Crippen LogP contribution in [0.2, 0.25) is 0 Å². The molecule has 0 bridgehead atoms. The van der Waals surface area contributed by atoms with Gasteiger partial charge in [0.05, 0.1) is 0 Å². The summed E-state index contributed by atoms with van der Waals surface area (Å²) in [6.45, 7) is 7.57. The lowest BCUT2D eigenvalue weighted by molar-refractivity contribution is 0.113. The number of nitrogens with one attached hydrogen (secondary N) is 1. The van der Waals surface area contributed by atoms with Crippen molar-refractivity contribution in [3.05, 3.63) is 35.6 Å². The van der Waals surface area contributed by atoms with Crippen molar-refractivity contribution in [1.82, 2.24) is 10.2 Å². The molecule has 0 radical (unpaired) electrons. The first-order valence-corrected chi connectivity index (χ1v) is 7.09. The maximum absolute atomic E-state index is 13.0. The summed E-state index contributed by atoms with van der Waals surface area (Å²) in [5.74, 6) is -0.172. The van der Waals surface area contributed by atoms with Crippen molar-refractivity contribution >= 4 is 0 Å². The Balaban J connectivity index is 2.91. The molecule has 2 atom stereocenters. The molecule has 2 nitrogen and oxygen atoms in total. The van der Waals surface area contributed by atoms with Gasteiger partial charge in [-0.25, -0.2) is 4.39 Å². The molecule has 0 heterocycles. The SMILES string of the molecule is CCNC(Cc1ccc(F)cc1)C(C)(CC)N(C)C. The van der Waals surface area contributed by atoms with Crippen LogP contribution >= 0.6 is 0 Å². The van der Waals surface area contributed by atoms with E-state index in [2.05, 4.69) is 45.1 Å². The second-order valence-corrected chi connectivity index (χ2v) is 5.55. The van der Waals surface area contributed by atoms with Crippen LogP contribution in [0.5, 0.6) is 0 Å². The van der Waals surface area contributed by atoms with Crippen molar-refractivity contribution in [1.29, 1.82) is 0 Å². The molecule has 0 amide bonds. The van der Waals surface area contributed by atoms with Gasteiger partial charge in [-0.3, -0.25) is 0 Å². The molecule has 0 spiro atoms. The lowest BCUT2D eigenvalue weighted by Gasteiger charge is -2.43. The van der Waals surface area contributed by atoms with Crippen molar-refractivity contribution in [3.8, 4) is 0 Å². The fraction of sp³-hybridized carbons (Fsp3) is 0.625. The Hall–Kier alpha value is -0.930. The topological polar surface area (TPSA) is 15.3 Å². The number of halogens is 1. The average Bonchev–Trinajstić information content (AvgIpc) is 2.39. The second kappa shape index (κ2) is 7.01. The van der Waals surface area contributed by atoms with Crippen LogP contribution < -0.4 is 5.32 Å². The second-order valence-electron chi connectivity index (χ2n) is 5.55. The third-order valence-corrected chi connectivity index (χ3v) is 4.29. The molecule has 19 heavy (non-hydrogen) atoms. The van der Waals surface area contributed by atoms with Crippen LogP contribution in [0.1, 0.15) is 32.8 Å². The Labute approximate surface area is 117 Å². The van der Waals surface area contributed by atoms with Gasteiger partial charge in [0.25, 0.3) is 0 Å². The van der Waals surface area contributed by atoms with E-state index in [0.717, 1.165) is 19.4 Å². The van der Waals surface area contributed by atoms with Gasteiger partial charge in [0.15, 0.2) is 0 Å². The zero-order valence-corrected chi connectivity index (χ0v) is 12.8. The molecule has 1 rings (SSSR count). The molecule has 0 aromatic heterocycles. The molecule has 0 saturated heterocycles. The van der Waals surface area contributed by atoms with Crippen LogP contribution in [0.4, 0.5) is 4.39 Å². The van der Waals surface area contributed by atoms with Crippen molar-refractivity contribution in [2.75, 3.05) is 20.6 Å². The highest BCUT2D eigenvalue weighted by Crippen LogP contribution is 2.24. The van der Waals surface area contributed by atoms with Gasteiger partial charge in [0.1, 0.15) is 5.82 Å². The summed E-state index contributed by atoms with van der Waals surface area (Å²) in [6, 6.07) is 7.19. The van der Waals surface area contributed by atoms with Crippen LogP contribution in [0.3, 0.4) is 0 Å². The third kappa shape index (κ3) is 4.02. The molecule has 0 fully saturated rings. The summed E-state index contributed by atoms with van der Waals surface area (Å²) in [6.07, 6.45) is 1.98. The lowest BCUT2D eigenvalue weighted by atomic mass is 9.84. The minimum absolute atomic E-state index is 0.0877. The number of hydrogen-bond acceptors (Lipinski definition) is 2. The van der Waals surface area contributed by atoms with Gasteiger partial charge < -0.3 is 10.2 Å². The van der Waals surface area contributed by atoms with E-state index in [1.165, 1.54) is 17.7 Å². The van der Waals surface area contributed by atoms with Gasteiger partial charge in [0, 0.05) is 11.6 Å². The van der Waals surface area contributed by atoms with Gasteiger partial charge >= 0.3 is 0 Å². The van der Waals surface area contributed by atoms with Crippen LogP contribution in [0, 0.1) is 5.82 Å². The number of hydrogen-bond donors (Lipinski definition) is 1. The van der Waals surface area contributed by atoms with E-state index in [9.17, 15) is 4.39 Å². The van der Waals surface area contributed by atoms with Crippen molar-refractivity contribution in [2.24, 2.45) is 0 Å². The first kappa shape index (κ1) is 16.1. The lowest BCUT2D eigenvalue weighted by Crippen LogP contribution is -2.57. The maximum atomic E-state index is 13.0. The number of nitrogens with zero attached hydrogens (tertiary/aromatic N) is 1. The van der Waals surface area contributed by atoms with E-state index >= 15 is 0 Å². The summed E-state index contributed by atoms with van der Waals surface area (Å²) in [7, 11) is 4.25. The van der Waals surface area contributed by atoms with E-state index in [1.54, 1.807) is 0 Å². The highest BCUT2D eigenvalue weighted by Gasteiger charge is 2.34. The maximum Gasteiger partial charge on any atom is 0.123 e. The minimum atomic E-state index is -0.172. The predicted octanol–water partition coefficient (Wildman–Crippen LogP) is 3.08. The number of rotatable bonds is 7. The van der Waals surface area contributed by atoms with Gasteiger partial charge in [0.2, 0.25) is 0 Å². The molecular formula is C16H27FN2. The summed E-state index contributed by atoms with van der Waals surface area (Å²) >= 11 is 0. The number of benzene rings is 1. The van der Waals surface area contributed by atoms with E-state index in [1.807, 2.05) is 12.1 Å². The molecule has 0 aliphatic heterocycles. The highest BCUT2D eigenvalue weighted by atomic mass is 19.1. The van der Waals surface area contributed by atoms with E-state index in [4.69, 9.17) is 0 Å². The van der Waals surface area contributed by atoms with Gasteiger partial charge in [-0.1, -0.05) is 26.0 Å². The molecule has 0 aliphatic rings. The molecule has 0 aliphatic carbocycles. The normalized spacial score (nSPS) is 16.4. The van der Waals surface area contributed by atoms with Gasteiger partial charge in [-0.05, 0) is 58.1 Å². The quantitative estimate of drug-likeness (QED) is 0.816. The Morgan fingerprint density at radius 2 is 1.79 bits per heavy atom. The van der Waals surface area contributed by atoms with E-state index < -0.39 is 0 Å². The standard InChI is InChI=1S/C16H27FN2/c1-6-16(3,19(4)5)15(18-7-2)12-13-8-10-14(17)11-9-13/h8-11,15,18H,6-7,12H2,1-5H3. The zero-order chi connectivity index (χ0) is 14.5. The smallest absolute Gasteiger partial charge is 0.123 e. The van der Waals surface area contributed by atoms with E-state index in [0.29, 0.717) is 6.04 Å². The van der Waals surface area contributed by atoms with Crippen LogP contribution in [-0.2, 0) is 6.42 Å². The highest BCUT2D eigenvalue weighted by molar-refractivity contribution is 5.18. The molecule has 2 unspecified atom stereocenters. The largest absolute Gasteiger partial charge is 0.312 e. The molecule has 0 saturated carbocycles. The van der Waals surface area contributed by atoms with E-state index in [-0.39, 0.29) is 11.4 Å². The molecule has 3 heteroatoms. The first-order valence-electron chi connectivity index (χ1n) is 7.09. The van der Waals surface area contributed by atoms with Crippen molar-refractivity contribution in [2.45, 2.75) is 45.2 Å². The predicted molar refractivity (Wildman–Crippen MR) is 80.0 cm³/mol. The Bertz CT molecular complexity index is 375. The van der Waals surface area contributed by atoms with Crippen molar-refractivity contribution in [3.63, 3.8) is 0 Å². The van der Waals surface area contributed by atoms with Gasteiger partial charge in [-0.2, -0.15) is 0 Å². The molecule has 108 valence electrons. The van der Waals surface area contributed by atoms with Crippen LogP contribution in [0.15, 0.2) is 24.3 Å². The van der Waals surface area contributed by atoms with Crippen LogP contribution in [0.25, 0.3) is 0 Å². The Kier molecular flexibility index (Phi) is 5.95. The third-order valence-electron chi connectivity index (χ3n) is 4.29. The summed E-state index contributed by atoms with van der Waals surface area (Å²) in [5, 5.41) is 3.58. The zero-order valence-electron chi connectivity index (χ0n) is 12.8. The summed E-state index contributed by atoms with van der Waals surface area (Å²) in [4.78, 5) is 2.28. The molecule has 1 N–H and O–H groups in total. The summed E-state index contributed by atoms with van der Waals surface area (Å²) in [5.41, 5.74) is 1.26. The average molecular weight is 266 g/mol. The Morgan fingerprint density at radius 1 is 1.21 bits per heavy atom. The minimum Gasteiger partial charge on any atom is -0.312 e.